The average molecular weight is 238 g/mol. The summed E-state index contributed by atoms with van der Waals surface area (Å²) in [7, 11) is 0. The van der Waals surface area contributed by atoms with E-state index in [1.807, 2.05) is 6.92 Å². The summed E-state index contributed by atoms with van der Waals surface area (Å²) in [6.07, 6.45) is 4.20. The minimum absolute atomic E-state index is 0.236. The molecular formula is C12H18N2O3. The zero-order valence-corrected chi connectivity index (χ0v) is 10.2. The number of hydrazone groups is 1. The van der Waals surface area contributed by atoms with Crippen LogP contribution in [0.25, 0.3) is 0 Å². The molecule has 5 nitrogen and oxygen atoms in total. The molecule has 1 rings (SSSR count). The predicted molar refractivity (Wildman–Crippen MR) is 64.8 cm³/mol. The van der Waals surface area contributed by atoms with E-state index in [2.05, 4.69) is 17.5 Å². The van der Waals surface area contributed by atoms with Crippen molar-refractivity contribution in [2.45, 2.75) is 33.1 Å². The van der Waals surface area contributed by atoms with Crippen LogP contribution in [-0.4, -0.2) is 18.4 Å². The average Bonchev–Trinajstić information content (AvgIpc) is 2.86. The van der Waals surface area contributed by atoms with Crippen molar-refractivity contribution in [2.75, 3.05) is 6.61 Å². The number of ether oxygens (including phenoxy) is 1. The summed E-state index contributed by atoms with van der Waals surface area (Å²) in [6.45, 7) is 4.51. The van der Waals surface area contributed by atoms with Crippen molar-refractivity contribution in [3.05, 3.63) is 24.2 Å². The van der Waals surface area contributed by atoms with E-state index >= 15 is 0 Å². The SMILES string of the molecule is CCCC/C(=N/NC(=O)c1ccco1)OCC. The monoisotopic (exact) mass is 238 g/mol. The molecular weight excluding hydrogens is 220 g/mol. The van der Waals surface area contributed by atoms with Gasteiger partial charge in [-0.15, -0.1) is 5.10 Å². The highest BCUT2D eigenvalue weighted by Crippen LogP contribution is 2.01. The molecule has 0 unspecified atom stereocenters. The third-order valence-electron chi connectivity index (χ3n) is 2.08. The first-order valence-electron chi connectivity index (χ1n) is 5.81. The van der Waals surface area contributed by atoms with Gasteiger partial charge in [-0.3, -0.25) is 4.79 Å². The molecule has 0 aromatic carbocycles. The topological polar surface area (TPSA) is 63.8 Å². The molecule has 0 spiro atoms. The van der Waals surface area contributed by atoms with Crippen LogP contribution in [0, 0.1) is 0 Å². The maximum absolute atomic E-state index is 11.5. The molecule has 0 saturated heterocycles. The van der Waals surface area contributed by atoms with Crippen molar-refractivity contribution in [1.29, 1.82) is 0 Å². The summed E-state index contributed by atoms with van der Waals surface area (Å²) in [6, 6.07) is 3.23. The highest BCUT2D eigenvalue weighted by Gasteiger charge is 2.07. The number of carbonyl (C=O) groups is 1. The Balaban J connectivity index is 2.50. The largest absolute Gasteiger partial charge is 0.480 e. The Bertz CT molecular complexity index is 358. The summed E-state index contributed by atoms with van der Waals surface area (Å²) < 4.78 is 10.3. The van der Waals surface area contributed by atoms with E-state index in [0.717, 1.165) is 19.3 Å². The Morgan fingerprint density at radius 3 is 2.94 bits per heavy atom. The Morgan fingerprint density at radius 1 is 1.53 bits per heavy atom. The maximum atomic E-state index is 11.5. The van der Waals surface area contributed by atoms with Gasteiger partial charge in [0.25, 0.3) is 0 Å². The van der Waals surface area contributed by atoms with E-state index in [1.54, 1.807) is 12.1 Å². The second-order valence-corrected chi connectivity index (χ2v) is 3.46. The second-order valence-electron chi connectivity index (χ2n) is 3.46. The van der Waals surface area contributed by atoms with Crippen LogP contribution in [0.15, 0.2) is 27.9 Å². The van der Waals surface area contributed by atoms with Crippen LogP contribution in [0.5, 0.6) is 0 Å². The standard InChI is InChI=1S/C12H18N2O3/c1-3-5-8-11(16-4-2)13-14-12(15)10-7-6-9-17-10/h6-7,9H,3-5,8H2,1-2H3,(H,14,15)/b13-11-. The molecule has 17 heavy (non-hydrogen) atoms. The van der Waals surface area contributed by atoms with E-state index in [-0.39, 0.29) is 11.7 Å². The Hall–Kier alpha value is -1.78. The quantitative estimate of drug-likeness (QED) is 0.470. The molecule has 5 heteroatoms. The molecule has 1 amide bonds. The molecule has 0 aliphatic rings. The lowest BCUT2D eigenvalue weighted by Gasteiger charge is -2.06. The molecule has 0 fully saturated rings. The molecule has 0 bridgehead atoms. The Morgan fingerprint density at radius 2 is 2.35 bits per heavy atom. The molecule has 1 heterocycles. The number of unbranched alkanes of at least 4 members (excludes halogenated alkanes) is 1. The number of nitrogens with one attached hydrogen (secondary N) is 1. The van der Waals surface area contributed by atoms with Crippen LogP contribution >= 0.6 is 0 Å². The molecule has 0 aliphatic heterocycles. The van der Waals surface area contributed by atoms with Gasteiger partial charge in [-0.25, -0.2) is 5.43 Å². The predicted octanol–water partition coefficient (Wildman–Crippen LogP) is 2.55. The number of carbonyl (C=O) groups excluding carboxylic acids is 1. The second kappa shape index (κ2) is 7.49. The highest BCUT2D eigenvalue weighted by atomic mass is 16.5. The lowest BCUT2D eigenvalue weighted by Crippen LogP contribution is -2.20. The molecule has 1 aromatic heterocycles. The van der Waals surface area contributed by atoms with Gasteiger partial charge in [-0.1, -0.05) is 13.3 Å². The summed E-state index contributed by atoms with van der Waals surface area (Å²) in [5.74, 6) is 0.415. The third-order valence-corrected chi connectivity index (χ3v) is 2.08. The molecule has 0 saturated carbocycles. The summed E-state index contributed by atoms with van der Waals surface area (Å²) in [4.78, 5) is 11.5. The van der Waals surface area contributed by atoms with Crippen molar-refractivity contribution in [3.8, 4) is 0 Å². The number of rotatable bonds is 6. The van der Waals surface area contributed by atoms with E-state index < -0.39 is 0 Å². The van der Waals surface area contributed by atoms with Crippen LogP contribution in [0.3, 0.4) is 0 Å². The molecule has 0 atom stereocenters. The molecule has 94 valence electrons. The van der Waals surface area contributed by atoms with Crippen molar-refractivity contribution in [2.24, 2.45) is 5.10 Å². The fourth-order valence-corrected chi connectivity index (χ4v) is 1.23. The minimum Gasteiger partial charge on any atom is -0.480 e. The van der Waals surface area contributed by atoms with Crippen LogP contribution < -0.4 is 5.43 Å². The van der Waals surface area contributed by atoms with Gasteiger partial charge < -0.3 is 9.15 Å². The summed E-state index contributed by atoms with van der Waals surface area (Å²) in [5.41, 5.74) is 2.41. The van der Waals surface area contributed by atoms with Gasteiger partial charge in [0.1, 0.15) is 0 Å². The maximum Gasteiger partial charge on any atom is 0.307 e. The fraction of sp³-hybridized carbons (Fsp3) is 0.500. The summed E-state index contributed by atoms with van der Waals surface area (Å²) in [5, 5.41) is 3.94. The van der Waals surface area contributed by atoms with E-state index in [0.29, 0.717) is 12.5 Å². The number of furan rings is 1. The number of nitrogens with zero attached hydrogens (tertiary/aromatic N) is 1. The lowest BCUT2D eigenvalue weighted by molar-refractivity contribution is 0.0925. The van der Waals surface area contributed by atoms with Crippen molar-refractivity contribution in [3.63, 3.8) is 0 Å². The third kappa shape index (κ3) is 4.72. The summed E-state index contributed by atoms with van der Waals surface area (Å²) >= 11 is 0. The Labute approximate surface area is 101 Å². The van der Waals surface area contributed by atoms with Gasteiger partial charge in [0, 0.05) is 6.42 Å². The van der Waals surface area contributed by atoms with Gasteiger partial charge in [0.05, 0.1) is 12.9 Å². The normalized spacial score (nSPS) is 11.3. The first-order valence-corrected chi connectivity index (χ1v) is 5.81. The fourth-order valence-electron chi connectivity index (χ4n) is 1.23. The molecule has 1 aromatic rings. The molecule has 0 radical (unpaired) electrons. The lowest BCUT2D eigenvalue weighted by atomic mass is 10.2. The van der Waals surface area contributed by atoms with Crippen molar-refractivity contribution in [1.82, 2.24) is 5.43 Å². The molecule has 1 N–H and O–H groups in total. The van der Waals surface area contributed by atoms with Crippen molar-refractivity contribution < 1.29 is 13.9 Å². The van der Waals surface area contributed by atoms with E-state index in [4.69, 9.17) is 9.15 Å². The van der Waals surface area contributed by atoms with Gasteiger partial charge >= 0.3 is 5.91 Å². The van der Waals surface area contributed by atoms with E-state index in [1.165, 1.54) is 6.26 Å². The highest BCUT2D eigenvalue weighted by molar-refractivity contribution is 5.92. The Kier molecular flexibility index (Phi) is 5.85. The number of hydrogen-bond donors (Lipinski definition) is 1. The number of amides is 1. The first-order chi connectivity index (χ1) is 8.27. The minimum atomic E-state index is -0.372. The van der Waals surface area contributed by atoms with Crippen LogP contribution in [0.4, 0.5) is 0 Å². The van der Waals surface area contributed by atoms with Crippen LogP contribution in [-0.2, 0) is 4.74 Å². The zero-order chi connectivity index (χ0) is 12.5. The van der Waals surface area contributed by atoms with Gasteiger partial charge in [-0.05, 0) is 25.5 Å². The smallest absolute Gasteiger partial charge is 0.307 e. The van der Waals surface area contributed by atoms with Gasteiger partial charge in [0.15, 0.2) is 5.76 Å². The molecule has 0 aliphatic carbocycles. The van der Waals surface area contributed by atoms with Gasteiger partial charge in [0.2, 0.25) is 5.90 Å². The zero-order valence-electron chi connectivity index (χ0n) is 10.2. The van der Waals surface area contributed by atoms with Gasteiger partial charge in [-0.2, -0.15) is 0 Å². The van der Waals surface area contributed by atoms with E-state index in [9.17, 15) is 4.79 Å². The van der Waals surface area contributed by atoms with Crippen molar-refractivity contribution >= 4 is 11.8 Å². The first kappa shape index (κ1) is 13.3. The van der Waals surface area contributed by atoms with Crippen LogP contribution in [0.1, 0.15) is 43.7 Å². The number of hydrogen-bond acceptors (Lipinski definition) is 4. The van der Waals surface area contributed by atoms with Crippen LogP contribution in [0.2, 0.25) is 0 Å².